The van der Waals surface area contributed by atoms with Gasteiger partial charge in [0, 0.05) is 19.3 Å². The lowest BCUT2D eigenvalue weighted by Gasteiger charge is -2.18. The van der Waals surface area contributed by atoms with Crippen LogP contribution in [0.2, 0.25) is 0 Å². The van der Waals surface area contributed by atoms with Crippen LogP contribution in [0.1, 0.15) is 303 Å². The minimum absolute atomic E-state index is 0.0928. The van der Waals surface area contributed by atoms with Crippen LogP contribution in [0.15, 0.2) is 134 Å². The molecule has 6 heteroatoms. The second-order valence-electron chi connectivity index (χ2n) is 22.0. The van der Waals surface area contributed by atoms with E-state index in [0.29, 0.717) is 19.3 Å². The minimum atomic E-state index is -0.800. The smallest absolute Gasteiger partial charge is 0.306 e. The molecule has 0 saturated carbocycles. The van der Waals surface area contributed by atoms with Crippen molar-refractivity contribution in [2.24, 2.45) is 0 Å². The molecule has 460 valence electrons. The van der Waals surface area contributed by atoms with Gasteiger partial charge in [0.15, 0.2) is 6.10 Å². The molecule has 1 unspecified atom stereocenters. The first-order chi connectivity index (χ1) is 40.0. The second kappa shape index (κ2) is 68.1. The number of rotatable bonds is 60. The molecule has 0 saturated heterocycles. The van der Waals surface area contributed by atoms with E-state index in [1.165, 1.54) is 116 Å². The maximum Gasteiger partial charge on any atom is 0.306 e. The van der Waals surface area contributed by atoms with Crippen LogP contribution in [-0.4, -0.2) is 37.2 Å². The first kappa shape index (κ1) is 76.5. The molecular weight excluding hydrogens is 997 g/mol. The first-order valence-electron chi connectivity index (χ1n) is 33.7. The fourth-order valence-electron chi connectivity index (χ4n) is 9.14. The number of unbranched alkanes of at least 4 members (excludes halogenated alkanes) is 27. The van der Waals surface area contributed by atoms with Crippen LogP contribution in [0.25, 0.3) is 0 Å². The number of allylic oxidation sites excluding steroid dienone is 22. The van der Waals surface area contributed by atoms with E-state index in [9.17, 15) is 14.4 Å². The molecule has 0 amide bonds. The van der Waals surface area contributed by atoms with Crippen LogP contribution in [0.3, 0.4) is 0 Å². The molecule has 0 rings (SSSR count). The van der Waals surface area contributed by atoms with Crippen molar-refractivity contribution < 1.29 is 28.6 Å². The van der Waals surface area contributed by atoms with Gasteiger partial charge in [0.2, 0.25) is 0 Å². The molecule has 0 aliphatic rings. The highest BCUT2D eigenvalue weighted by molar-refractivity contribution is 5.71. The van der Waals surface area contributed by atoms with Crippen LogP contribution in [0, 0.1) is 0 Å². The lowest BCUT2D eigenvalue weighted by molar-refractivity contribution is -0.167. The highest BCUT2D eigenvalue weighted by Gasteiger charge is 2.19. The third-order valence-electron chi connectivity index (χ3n) is 14.1. The fourth-order valence-corrected chi connectivity index (χ4v) is 9.14. The average molecular weight is 1120 g/mol. The summed E-state index contributed by atoms with van der Waals surface area (Å²) in [4.78, 5) is 38.4. The van der Waals surface area contributed by atoms with Gasteiger partial charge in [-0.2, -0.15) is 0 Å². The summed E-state index contributed by atoms with van der Waals surface area (Å²) in [5.74, 6) is -0.916. The van der Waals surface area contributed by atoms with E-state index >= 15 is 0 Å². The highest BCUT2D eigenvalue weighted by atomic mass is 16.6. The zero-order valence-corrected chi connectivity index (χ0v) is 52.8. The molecule has 0 N–H and O–H groups in total. The Hall–Kier alpha value is -4.45. The van der Waals surface area contributed by atoms with Crippen molar-refractivity contribution in [3.8, 4) is 0 Å². The Morgan fingerprint density at radius 2 is 0.481 bits per heavy atom. The number of hydrogen-bond acceptors (Lipinski definition) is 6. The van der Waals surface area contributed by atoms with Gasteiger partial charge in [-0.1, -0.05) is 283 Å². The molecule has 81 heavy (non-hydrogen) atoms. The van der Waals surface area contributed by atoms with Crippen LogP contribution in [-0.2, 0) is 28.6 Å². The Morgan fingerprint density at radius 1 is 0.259 bits per heavy atom. The van der Waals surface area contributed by atoms with Gasteiger partial charge in [-0.3, -0.25) is 14.4 Å². The summed E-state index contributed by atoms with van der Waals surface area (Å²) < 4.78 is 17.0. The minimum Gasteiger partial charge on any atom is -0.462 e. The summed E-state index contributed by atoms with van der Waals surface area (Å²) in [5.41, 5.74) is 0. The molecule has 6 nitrogen and oxygen atoms in total. The molecule has 0 fully saturated rings. The maximum atomic E-state index is 12.9. The predicted molar refractivity (Wildman–Crippen MR) is 353 cm³/mol. The van der Waals surface area contributed by atoms with Crippen molar-refractivity contribution >= 4 is 17.9 Å². The SMILES string of the molecule is CC/C=C\C/C=C\C/C=C\C/C=C\C/C=C\CCCCCCCCCCCC(=O)OCC(COC(=O)CCCCCCCCC/C=C\CCCCCCCC)OC(=O)CCCCCCC/C=C\C/C=C\C/C=C\C/C=C\C/C=C\CC. The van der Waals surface area contributed by atoms with Gasteiger partial charge >= 0.3 is 17.9 Å². The molecule has 0 aliphatic heterocycles. The maximum absolute atomic E-state index is 12.9. The molecule has 0 heterocycles. The van der Waals surface area contributed by atoms with E-state index in [1.54, 1.807) is 0 Å². The van der Waals surface area contributed by atoms with Crippen molar-refractivity contribution in [1.29, 1.82) is 0 Å². The molecule has 0 aliphatic carbocycles. The predicted octanol–water partition coefficient (Wildman–Crippen LogP) is 23.3. The number of hydrogen-bond donors (Lipinski definition) is 0. The van der Waals surface area contributed by atoms with Gasteiger partial charge in [-0.15, -0.1) is 0 Å². The monoisotopic (exact) mass is 1120 g/mol. The van der Waals surface area contributed by atoms with Crippen LogP contribution >= 0.6 is 0 Å². The van der Waals surface area contributed by atoms with Crippen LogP contribution in [0.4, 0.5) is 0 Å². The molecule has 1 atom stereocenters. The summed E-state index contributed by atoms with van der Waals surface area (Å²) in [5, 5.41) is 0. The Kier molecular flexibility index (Phi) is 64.3. The summed E-state index contributed by atoms with van der Waals surface area (Å²) in [6.45, 7) is 6.40. The Bertz CT molecular complexity index is 1720. The molecule has 0 radical (unpaired) electrons. The third kappa shape index (κ3) is 66.2. The van der Waals surface area contributed by atoms with Crippen molar-refractivity contribution in [2.45, 2.75) is 309 Å². The lowest BCUT2D eigenvalue weighted by Crippen LogP contribution is -2.30. The molecule has 0 bridgehead atoms. The largest absolute Gasteiger partial charge is 0.462 e. The summed E-state index contributed by atoms with van der Waals surface area (Å²) >= 11 is 0. The molecular formula is C75H124O6. The third-order valence-corrected chi connectivity index (χ3v) is 14.1. The Morgan fingerprint density at radius 3 is 0.765 bits per heavy atom. The summed E-state index contributed by atoms with van der Waals surface area (Å²) in [6.07, 6.45) is 95.9. The van der Waals surface area contributed by atoms with Crippen LogP contribution < -0.4 is 0 Å². The fraction of sp³-hybridized carbons (Fsp3) is 0.667. The summed E-state index contributed by atoms with van der Waals surface area (Å²) in [6, 6.07) is 0. The van der Waals surface area contributed by atoms with Crippen molar-refractivity contribution in [3.05, 3.63) is 134 Å². The summed E-state index contributed by atoms with van der Waals surface area (Å²) in [7, 11) is 0. The number of esters is 3. The molecule has 0 aromatic rings. The van der Waals surface area contributed by atoms with E-state index < -0.39 is 6.10 Å². The van der Waals surface area contributed by atoms with E-state index in [0.717, 1.165) is 148 Å². The van der Waals surface area contributed by atoms with Crippen molar-refractivity contribution in [2.75, 3.05) is 13.2 Å². The quantitative estimate of drug-likeness (QED) is 0.0261. The number of ether oxygens (including phenoxy) is 3. The van der Waals surface area contributed by atoms with E-state index in [1.807, 2.05) is 0 Å². The van der Waals surface area contributed by atoms with Crippen molar-refractivity contribution in [3.63, 3.8) is 0 Å². The zero-order chi connectivity index (χ0) is 58.5. The standard InChI is InChI=1S/C75H124O6/c1-4-7-10-13-16-19-22-25-28-31-33-35-36-37-38-40-41-44-47-50-53-56-59-62-65-68-74(77)80-71-72(70-79-73(76)67-64-61-58-55-52-49-46-43-30-27-24-21-18-15-12-9-6-3)81-75(78)69-66-63-60-57-54-51-48-45-42-39-34-32-29-26-23-20-17-14-11-8-5-2/h7-8,10-11,16-17,19-20,25-30,33-35,37-39,45,48,72H,4-6,9,12-15,18,21-24,31-32,36,40-44,46-47,49-71H2,1-3H3/b10-7-,11-8-,19-16-,20-17-,28-25-,29-26-,30-27-,35-33-,38-37-,39-34-,48-45-. The number of carbonyl (C=O) groups is 3. The van der Waals surface area contributed by atoms with Crippen LogP contribution in [0.5, 0.6) is 0 Å². The lowest BCUT2D eigenvalue weighted by atomic mass is 10.1. The second-order valence-corrected chi connectivity index (χ2v) is 22.0. The highest BCUT2D eigenvalue weighted by Crippen LogP contribution is 2.16. The zero-order valence-electron chi connectivity index (χ0n) is 52.8. The van der Waals surface area contributed by atoms with Gasteiger partial charge in [0.05, 0.1) is 0 Å². The van der Waals surface area contributed by atoms with Gasteiger partial charge < -0.3 is 14.2 Å². The van der Waals surface area contributed by atoms with Gasteiger partial charge in [0.1, 0.15) is 13.2 Å². The Balaban J connectivity index is 4.44. The number of carbonyl (C=O) groups excluding carboxylic acids is 3. The molecule has 0 aromatic heterocycles. The Labute approximate surface area is 500 Å². The van der Waals surface area contributed by atoms with E-state index in [-0.39, 0.29) is 31.1 Å². The van der Waals surface area contributed by atoms with Gasteiger partial charge in [0.25, 0.3) is 0 Å². The topological polar surface area (TPSA) is 78.9 Å². The first-order valence-corrected chi connectivity index (χ1v) is 33.7. The average Bonchev–Trinajstić information content (AvgIpc) is 3.47. The normalized spacial score (nSPS) is 13.0. The molecule has 0 aromatic carbocycles. The van der Waals surface area contributed by atoms with Gasteiger partial charge in [-0.05, 0) is 135 Å². The van der Waals surface area contributed by atoms with Gasteiger partial charge in [-0.25, -0.2) is 0 Å². The van der Waals surface area contributed by atoms with Crippen molar-refractivity contribution in [1.82, 2.24) is 0 Å². The molecule has 0 spiro atoms. The van der Waals surface area contributed by atoms with E-state index in [2.05, 4.69) is 154 Å². The van der Waals surface area contributed by atoms with E-state index in [4.69, 9.17) is 14.2 Å².